The third kappa shape index (κ3) is 4.85. The average molecular weight is 139 g/mol. The van der Waals surface area contributed by atoms with Gasteiger partial charge in [0, 0.05) is 6.42 Å². The van der Waals surface area contributed by atoms with Crippen LogP contribution in [0.1, 0.15) is 12.8 Å². The molecule has 0 fully saturated rings. The van der Waals surface area contributed by atoms with Crippen LogP contribution in [0.2, 0.25) is 0 Å². The molecule has 0 aliphatic rings. The molecule has 0 heterocycles. The quantitative estimate of drug-likeness (QED) is 0.431. The van der Waals surface area contributed by atoms with Crippen LogP contribution in [0.25, 0.3) is 0 Å². The molecule has 0 aromatic carbocycles. The van der Waals surface area contributed by atoms with E-state index < -0.39 is 0 Å². The zero-order valence-electron chi connectivity index (χ0n) is 5.67. The summed E-state index contributed by atoms with van der Waals surface area (Å²) in [6, 6.07) is 1.85. The molecule has 0 amide bonds. The van der Waals surface area contributed by atoms with Gasteiger partial charge in [0.2, 0.25) is 0 Å². The molecule has 0 atom stereocenters. The van der Waals surface area contributed by atoms with E-state index in [9.17, 15) is 4.79 Å². The predicted octanol–water partition coefficient (Wildman–Crippen LogP) is 1.02. The first-order valence-electron chi connectivity index (χ1n) is 2.94. The highest BCUT2D eigenvalue weighted by molar-refractivity contribution is 5.69. The standard InChI is InChI=1S/C7H9NO2/c1-2-6-10-7(9)4-3-5-8/h2H,1,3-4,6H2. The Morgan fingerprint density at radius 3 is 3.00 bits per heavy atom. The Hall–Kier alpha value is -1.30. The van der Waals surface area contributed by atoms with Crippen LogP contribution >= 0.6 is 0 Å². The van der Waals surface area contributed by atoms with E-state index in [1.54, 1.807) is 0 Å². The van der Waals surface area contributed by atoms with Gasteiger partial charge in [0.05, 0.1) is 12.5 Å². The zero-order valence-corrected chi connectivity index (χ0v) is 5.67. The lowest BCUT2D eigenvalue weighted by Crippen LogP contribution is -2.02. The third-order valence-electron chi connectivity index (χ3n) is 0.803. The Morgan fingerprint density at radius 2 is 2.50 bits per heavy atom. The SMILES string of the molecule is C=CCOC(=O)CCC#N. The number of hydrogen-bond acceptors (Lipinski definition) is 3. The highest BCUT2D eigenvalue weighted by Gasteiger charge is 1.98. The van der Waals surface area contributed by atoms with Gasteiger partial charge >= 0.3 is 5.97 Å². The summed E-state index contributed by atoms with van der Waals surface area (Å²) >= 11 is 0. The van der Waals surface area contributed by atoms with Crippen LogP contribution in [0.5, 0.6) is 0 Å². The minimum Gasteiger partial charge on any atom is -0.461 e. The van der Waals surface area contributed by atoms with E-state index in [0.29, 0.717) is 0 Å². The summed E-state index contributed by atoms with van der Waals surface area (Å²) in [5.41, 5.74) is 0. The molecule has 0 N–H and O–H groups in total. The van der Waals surface area contributed by atoms with Crippen LogP contribution < -0.4 is 0 Å². The maximum Gasteiger partial charge on any atom is 0.307 e. The van der Waals surface area contributed by atoms with Crippen molar-refractivity contribution in [2.24, 2.45) is 0 Å². The van der Waals surface area contributed by atoms with E-state index in [1.165, 1.54) is 6.08 Å². The topological polar surface area (TPSA) is 50.1 Å². The maximum absolute atomic E-state index is 10.5. The molecule has 3 nitrogen and oxygen atoms in total. The molecule has 0 bridgehead atoms. The Kier molecular flexibility index (Phi) is 5.07. The second-order valence-electron chi connectivity index (χ2n) is 1.63. The highest BCUT2D eigenvalue weighted by Crippen LogP contribution is 1.90. The fourth-order valence-corrected chi connectivity index (χ4v) is 0.382. The molecule has 0 aromatic rings. The summed E-state index contributed by atoms with van der Waals surface area (Å²) in [7, 11) is 0. The monoisotopic (exact) mass is 139 g/mol. The van der Waals surface area contributed by atoms with Crippen molar-refractivity contribution >= 4 is 5.97 Å². The second kappa shape index (κ2) is 5.83. The van der Waals surface area contributed by atoms with Crippen molar-refractivity contribution in [3.8, 4) is 6.07 Å². The molecule has 0 spiro atoms. The molecule has 10 heavy (non-hydrogen) atoms. The Morgan fingerprint density at radius 1 is 1.80 bits per heavy atom. The summed E-state index contributed by atoms with van der Waals surface area (Å²) in [4.78, 5) is 10.5. The average Bonchev–Trinajstić information content (AvgIpc) is 1.97. The van der Waals surface area contributed by atoms with Gasteiger partial charge in [0.25, 0.3) is 0 Å². The number of ether oxygens (including phenoxy) is 1. The fraction of sp³-hybridized carbons (Fsp3) is 0.429. The number of rotatable bonds is 4. The summed E-state index contributed by atoms with van der Waals surface area (Å²) in [6.07, 6.45) is 1.88. The first-order chi connectivity index (χ1) is 4.81. The molecule has 0 radical (unpaired) electrons. The lowest BCUT2D eigenvalue weighted by molar-refractivity contribution is -0.142. The van der Waals surface area contributed by atoms with Crippen molar-refractivity contribution in [1.82, 2.24) is 0 Å². The van der Waals surface area contributed by atoms with Gasteiger partial charge in [-0.05, 0) is 0 Å². The molecule has 0 aliphatic carbocycles. The minimum atomic E-state index is -0.346. The van der Waals surface area contributed by atoms with E-state index in [0.717, 1.165) is 0 Å². The Bertz CT molecular complexity index is 157. The van der Waals surface area contributed by atoms with Crippen molar-refractivity contribution in [2.45, 2.75) is 12.8 Å². The van der Waals surface area contributed by atoms with E-state index >= 15 is 0 Å². The van der Waals surface area contributed by atoms with E-state index in [-0.39, 0.29) is 25.4 Å². The molecule has 0 aliphatic heterocycles. The van der Waals surface area contributed by atoms with Crippen LogP contribution in [-0.2, 0) is 9.53 Å². The number of carbonyl (C=O) groups excluding carboxylic acids is 1. The molecule has 3 heteroatoms. The van der Waals surface area contributed by atoms with Crippen molar-refractivity contribution in [2.75, 3.05) is 6.61 Å². The summed E-state index contributed by atoms with van der Waals surface area (Å²) in [5, 5.41) is 8.06. The summed E-state index contributed by atoms with van der Waals surface area (Å²) in [6.45, 7) is 3.60. The normalized spacial score (nSPS) is 7.90. The van der Waals surface area contributed by atoms with Gasteiger partial charge in [-0.1, -0.05) is 12.7 Å². The van der Waals surface area contributed by atoms with E-state index in [4.69, 9.17) is 5.26 Å². The largest absolute Gasteiger partial charge is 0.461 e. The lowest BCUT2D eigenvalue weighted by atomic mass is 10.3. The highest BCUT2D eigenvalue weighted by atomic mass is 16.5. The number of esters is 1. The van der Waals surface area contributed by atoms with Crippen LogP contribution in [-0.4, -0.2) is 12.6 Å². The molecular weight excluding hydrogens is 130 g/mol. The van der Waals surface area contributed by atoms with Gasteiger partial charge in [-0.15, -0.1) is 0 Å². The van der Waals surface area contributed by atoms with Gasteiger partial charge in [-0.25, -0.2) is 0 Å². The van der Waals surface area contributed by atoms with E-state index in [2.05, 4.69) is 11.3 Å². The third-order valence-corrected chi connectivity index (χ3v) is 0.803. The number of hydrogen-bond donors (Lipinski definition) is 0. The summed E-state index contributed by atoms with van der Waals surface area (Å²) < 4.78 is 4.59. The molecule has 0 rings (SSSR count). The number of carbonyl (C=O) groups is 1. The van der Waals surface area contributed by atoms with Gasteiger partial charge in [-0.3, -0.25) is 4.79 Å². The van der Waals surface area contributed by atoms with E-state index in [1.807, 2.05) is 6.07 Å². The molecule has 0 saturated carbocycles. The lowest BCUT2D eigenvalue weighted by Gasteiger charge is -1.96. The minimum absolute atomic E-state index is 0.171. The van der Waals surface area contributed by atoms with Crippen molar-refractivity contribution in [3.05, 3.63) is 12.7 Å². The van der Waals surface area contributed by atoms with Crippen LogP contribution in [0.3, 0.4) is 0 Å². The van der Waals surface area contributed by atoms with Gasteiger partial charge in [-0.2, -0.15) is 5.26 Å². The zero-order chi connectivity index (χ0) is 7.82. The number of nitrogens with zero attached hydrogens (tertiary/aromatic N) is 1. The fourth-order valence-electron chi connectivity index (χ4n) is 0.382. The van der Waals surface area contributed by atoms with Gasteiger partial charge in [0.15, 0.2) is 0 Å². The predicted molar refractivity (Wildman–Crippen MR) is 36.0 cm³/mol. The Balaban J connectivity index is 3.27. The maximum atomic E-state index is 10.5. The molecule has 54 valence electrons. The molecule has 0 unspecified atom stereocenters. The van der Waals surface area contributed by atoms with Crippen LogP contribution in [0.15, 0.2) is 12.7 Å². The molecular formula is C7H9NO2. The molecule has 0 saturated heterocycles. The Labute approximate surface area is 59.9 Å². The first kappa shape index (κ1) is 8.70. The second-order valence-corrected chi connectivity index (χ2v) is 1.63. The van der Waals surface area contributed by atoms with Crippen LogP contribution in [0.4, 0.5) is 0 Å². The molecule has 0 aromatic heterocycles. The number of nitriles is 1. The van der Waals surface area contributed by atoms with Gasteiger partial charge in [0.1, 0.15) is 6.61 Å². The summed E-state index contributed by atoms with van der Waals surface area (Å²) in [5.74, 6) is -0.346. The van der Waals surface area contributed by atoms with Crippen molar-refractivity contribution in [1.29, 1.82) is 5.26 Å². The van der Waals surface area contributed by atoms with Gasteiger partial charge < -0.3 is 4.74 Å². The van der Waals surface area contributed by atoms with Crippen molar-refractivity contribution < 1.29 is 9.53 Å². The smallest absolute Gasteiger partial charge is 0.307 e. The first-order valence-corrected chi connectivity index (χ1v) is 2.94. The van der Waals surface area contributed by atoms with Crippen molar-refractivity contribution in [3.63, 3.8) is 0 Å². The van der Waals surface area contributed by atoms with Crippen LogP contribution in [0, 0.1) is 11.3 Å².